The lowest BCUT2D eigenvalue weighted by atomic mass is 10.2. The van der Waals surface area contributed by atoms with E-state index in [2.05, 4.69) is 10.6 Å². The summed E-state index contributed by atoms with van der Waals surface area (Å²) in [5, 5.41) is 6.17. The van der Waals surface area contributed by atoms with Crippen LogP contribution >= 0.6 is 0 Å². The predicted octanol–water partition coefficient (Wildman–Crippen LogP) is 0.413. The molecule has 1 aliphatic rings. The smallest absolute Gasteiger partial charge is 0.255 e. The van der Waals surface area contributed by atoms with Gasteiger partial charge >= 0.3 is 0 Å². The molecule has 2 N–H and O–H groups in total. The molecule has 0 bridgehead atoms. The van der Waals surface area contributed by atoms with Gasteiger partial charge in [-0.15, -0.1) is 0 Å². The molecule has 0 saturated carbocycles. The number of rotatable bonds is 4. The standard InChI is InChI=1S/C13H18N2O3/c1-17-12-5-3-2-4-11(12)13(16)15-8-10-9-18-7-6-14-10/h2-5,10,14H,6-9H2,1H3,(H,15,16). The number of amides is 1. The van der Waals surface area contributed by atoms with E-state index >= 15 is 0 Å². The lowest BCUT2D eigenvalue weighted by Crippen LogP contribution is -2.48. The summed E-state index contributed by atoms with van der Waals surface area (Å²) in [6.07, 6.45) is 0. The molecule has 1 amide bonds. The number of benzene rings is 1. The van der Waals surface area contributed by atoms with Gasteiger partial charge in [-0.3, -0.25) is 4.79 Å². The van der Waals surface area contributed by atoms with Crippen molar-refractivity contribution >= 4 is 5.91 Å². The van der Waals surface area contributed by atoms with Crippen LogP contribution < -0.4 is 15.4 Å². The van der Waals surface area contributed by atoms with Gasteiger partial charge < -0.3 is 20.1 Å². The van der Waals surface area contributed by atoms with E-state index in [0.29, 0.717) is 24.5 Å². The molecule has 5 nitrogen and oxygen atoms in total. The van der Waals surface area contributed by atoms with Gasteiger partial charge in [0.1, 0.15) is 5.75 Å². The van der Waals surface area contributed by atoms with Crippen LogP contribution in [0.2, 0.25) is 0 Å². The lowest BCUT2D eigenvalue weighted by molar-refractivity contribution is 0.0734. The largest absolute Gasteiger partial charge is 0.496 e. The highest BCUT2D eigenvalue weighted by molar-refractivity contribution is 5.96. The highest BCUT2D eigenvalue weighted by Gasteiger charge is 2.16. The Labute approximate surface area is 106 Å². The molecule has 1 unspecified atom stereocenters. The van der Waals surface area contributed by atoms with Gasteiger partial charge in [-0.25, -0.2) is 0 Å². The average Bonchev–Trinajstić information content (AvgIpc) is 2.45. The van der Waals surface area contributed by atoms with Crippen molar-refractivity contribution in [3.63, 3.8) is 0 Å². The van der Waals surface area contributed by atoms with E-state index in [9.17, 15) is 4.79 Å². The van der Waals surface area contributed by atoms with E-state index in [1.54, 1.807) is 19.2 Å². The number of ether oxygens (including phenoxy) is 2. The molecule has 5 heteroatoms. The second-order valence-corrected chi connectivity index (χ2v) is 4.14. The van der Waals surface area contributed by atoms with Crippen molar-refractivity contribution in [3.8, 4) is 5.75 Å². The second-order valence-electron chi connectivity index (χ2n) is 4.14. The molecule has 2 rings (SSSR count). The number of carbonyl (C=O) groups excluding carboxylic acids is 1. The Kier molecular flexibility index (Phi) is 4.55. The van der Waals surface area contributed by atoms with Crippen molar-refractivity contribution in [2.75, 3.05) is 33.4 Å². The topological polar surface area (TPSA) is 59.6 Å². The fourth-order valence-electron chi connectivity index (χ4n) is 1.89. The summed E-state index contributed by atoms with van der Waals surface area (Å²) >= 11 is 0. The molecular formula is C13H18N2O3. The Balaban J connectivity index is 1.90. The van der Waals surface area contributed by atoms with Crippen molar-refractivity contribution in [2.45, 2.75) is 6.04 Å². The summed E-state index contributed by atoms with van der Waals surface area (Å²) in [6, 6.07) is 7.36. The van der Waals surface area contributed by atoms with Gasteiger partial charge in [-0.05, 0) is 12.1 Å². The second kappa shape index (κ2) is 6.37. The Hall–Kier alpha value is -1.59. The van der Waals surface area contributed by atoms with Gasteiger partial charge in [0, 0.05) is 19.1 Å². The molecule has 1 aromatic carbocycles. The third kappa shape index (κ3) is 3.21. The average molecular weight is 250 g/mol. The van der Waals surface area contributed by atoms with Crippen LogP contribution in [-0.2, 0) is 4.74 Å². The molecule has 0 spiro atoms. The Bertz CT molecular complexity index is 403. The van der Waals surface area contributed by atoms with Crippen LogP contribution in [0, 0.1) is 0 Å². The summed E-state index contributed by atoms with van der Waals surface area (Å²) in [4.78, 5) is 12.0. The predicted molar refractivity (Wildman–Crippen MR) is 67.9 cm³/mol. The Morgan fingerprint density at radius 3 is 3.11 bits per heavy atom. The number of hydrogen-bond acceptors (Lipinski definition) is 4. The molecule has 1 aromatic rings. The summed E-state index contributed by atoms with van der Waals surface area (Å²) in [5.41, 5.74) is 0.553. The molecule has 1 saturated heterocycles. The van der Waals surface area contributed by atoms with Gasteiger partial charge in [0.2, 0.25) is 0 Å². The van der Waals surface area contributed by atoms with Crippen LogP contribution in [0.25, 0.3) is 0 Å². The van der Waals surface area contributed by atoms with Gasteiger partial charge in [0.15, 0.2) is 0 Å². The first-order chi connectivity index (χ1) is 8.81. The molecule has 98 valence electrons. The molecule has 0 aliphatic carbocycles. The van der Waals surface area contributed by atoms with Crippen molar-refractivity contribution in [1.82, 2.24) is 10.6 Å². The Morgan fingerprint density at radius 1 is 1.56 bits per heavy atom. The summed E-state index contributed by atoms with van der Waals surface area (Å²) in [6.45, 7) is 2.75. The highest BCUT2D eigenvalue weighted by Crippen LogP contribution is 2.16. The molecule has 1 fully saturated rings. The van der Waals surface area contributed by atoms with E-state index in [1.165, 1.54) is 0 Å². The summed E-state index contributed by atoms with van der Waals surface area (Å²) in [5.74, 6) is 0.461. The van der Waals surface area contributed by atoms with Crippen LogP contribution in [-0.4, -0.2) is 45.4 Å². The number of para-hydroxylation sites is 1. The zero-order valence-corrected chi connectivity index (χ0v) is 10.4. The van der Waals surface area contributed by atoms with Gasteiger partial charge in [0.25, 0.3) is 5.91 Å². The normalized spacial score (nSPS) is 19.3. The summed E-state index contributed by atoms with van der Waals surface area (Å²) < 4.78 is 10.5. The lowest BCUT2D eigenvalue weighted by Gasteiger charge is -2.24. The summed E-state index contributed by atoms with van der Waals surface area (Å²) in [7, 11) is 1.56. The monoisotopic (exact) mass is 250 g/mol. The molecule has 18 heavy (non-hydrogen) atoms. The van der Waals surface area contributed by atoms with Gasteiger partial charge in [-0.2, -0.15) is 0 Å². The third-order valence-electron chi connectivity index (χ3n) is 2.86. The first-order valence-electron chi connectivity index (χ1n) is 6.03. The van der Waals surface area contributed by atoms with E-state index in [0.717, 1.165) is 13.2 Å². The van der Waals surface area contributed by atoms with Gasteiger partial charge in [0.05, 0.1) is 25.9 Å². The Morgan fingerprint density at radius 2 is 2.39 bits per heavy atom. The van der Waals surface area contributed by atoms with Crippen molar-refractivity contribution in [2.24, 2.45) is 0 Å². The van der Waals surface area contributed by atoms with E-state index in [-0.39, 0.29) is 11.9 Å². The number of carbonyl (C=O) groups is 1. The van der Waals surface area contributed by atoms with Crippen LogP contribution in [0.5, 0.6) is 5.75 Å². The van der Waals surface area contributed by atoms with E-state index < -0.39 is 0 Å². The molecule has 0 aromatic heterocycles. The minimum absolute atomic E-state index is 0.125. The molecule has 1 heterocycles. The maximum atomic E-state index is 12.0. The maximum Gasteiger partial charge on any atom is 0.255 e. The van der Waals surface area contributed by atoms with Crippen molar-refractivity contribution < 1.29 is 14.3 Å². The minimum Gasteiger partial charge on any atom is -0.496 e. The number of nitrogens with one attached hydrogen (secondary N) is 2. The van der Waals surface area contributed by atoms with E-state index in [1.807, 2.05) is 12.1 Å². The first kappa shape index (κ1) is 12.9. The van der Waals surface area contributed by atoms with Crippen LogP contribution in [0.3, 0.4) is 0 Å². The van der Waals surface area contributed by atoms with Crippen molar-refractivity contribution in [3.05, 3.63) is 29.8 Å². The van der Waals surface area contributed by atoms with Gasteiger partial charge in [-0.1, -0.05) is 12.1 Å². The van der Waals surface area contributed by atoms with Crippen LogP contribution in [0.1, 0.15) is 10.4 Å². The molecular weight excluding hydrogens is 232 g/mol. The van der Waals surface area contributed by atoms with Crippen LogP contribution in [0.4, 0.5) is 0 Å². The fraction of sp³-hybridized carbons (Fsp3) is 0.462. The number of morpholine rings is 1. The molecule has 1 atom stereocenters. The first-order valence-corrected chi connectivity index (χ1v) is 6.03. The zero-order valence-electron chi connectivity index (χ0n) is 10.4. The molecule has 1 aliphatic heterocycles. The SMILES string of the molecule is COc1ccccc1C(=O)NCC1COCCN1. The number of methoxy groups -OCH3 is 1. The quantitative estimate of drug-likeness (QED) is 0.813. The highest BCUT2D eigenvalue weighted by atomic mass is 16.5. The van der Waals surface area contributed by atoms with Crippen molar-refractivity contribution in [1.29, 1.82) is 0 Å². The molecule has 0 radical (unpaired) electrons. The third-order valence-corrected chi connectivity index (χ3v) is 2.86. The minimum atomic E-state index is -0.125. The maximum absolute atomic E-state index is 12.0. The van der Waals surface area contributed by atoms with E-state index in [4.69, 9.17) is 9.47 Å². The van der Waals surface area contributed by atoms with Crippen LogP contribution in [0.15, 0.2) is 24.3 Å². The number of hydrogen-bond donors (Lipinski definition) is 2. The zero-order chi connectivity index (χ0) is 12.8. The fourth-order valence-corrected chi connectivity index (χ4v) is 1.89.